The summed E-state index contributed by atoms with van der Waals surface area (Å²) in [5.41, 5.74) is 1.89. The van der Waals surface area contributed by atoms with E-state index in [1.165, 1.54) is 7.11 Å². The monoisotopic (exact) mass is 495 g/mol. The summed E-state index contributed by atoms with van der Waals surface area (Å²) < 4.78 is 24.2. The highest BCUT2D eigenvalue weighted by Gasteiger charge is 2.34. The largest absolute Gasteiger partial charge is 0.494 e. The van der Waals surface area contributed by atoms with Crippen LogP contribution in [0.15, 0.2) is 29.1 Å². The maximum absolute atomic E-state index is 16.7. The molecule has 4 aromatic rings. The molecule has 1 saturated heterocycles. The number of hydrogen-bond acceptors (Lipinski definition) is 5. The van der Waals surface area contributed by atoms with Gasteiger partial charge in [0.05, 0.1) is 50.7 Å². The number of nitriles is 1. The number of anilines is 1. The molecule has 1 aliphatic rings. The lowest BCUT2D eigenvalue weighted by Gasteiger charge is -2.48. The number of ether oxygens (including phenoxy) is 1. The van der Waals surface area contributed by atoms with Crippen molar-refractivity contribution in [2.24, 2.45) is 0 Å². The first-order valence-electron chi connectivity index (χ1n) is 12.4. The van der Waals surface area contributed by atoms with Crippen LogP contribution in [0, 0.1) is 17.1 Å². The molecule has 2 atom stereocenters. The predicted molar refractivity (Wildman–Crippen MR) is 147 cm³/mol. The Morgan fingerprint density at radius 3 is 2.41 bits per heavy atom. The van der Waals surface area contributed by atoms with Crippen LogP contribution in [0.1, 0.15) is 39.3 Å². The van der Waals surface area contributed by atoms with E-state index >= 15 is 4.39 Å². The number of pyridine rings is 1. The molecule has 0 bridgehead atoms. The van der Waals surface area contributed by atoms with E-state index in [2.05, 4.69) is 11.1 Å². The standard InChI is InChI=1S/C27H28B2FN5O2/c1-13(2)34-23-18(25(36)21-17-7-6-16(10-31)8-19(17)32-26(21)34)9-20(37-5)24(22(23)30)33-11-14(3)35(27(28)29)15(4)12-33/h6-9,13-15,27,32H,11-12H2,1-5H3/t14-,15+. The molecular weight excluding hydrogens is 467 g/mol. The minimum atomic E-state index is -0.613. The Hall–Kier alpha value is -3.44. The summed E-state index contributed by atoms with van der Waals surface area (Å²) >= 11 is 0. The average Bonchev–Trinajstić information content (AvgIpc) is 3.21. The Bertz CT molecular complexity index is 1630. The first-order valence-corrected chi connectivity index (χ1v) is 12.4. The highest BCUT2D eigenvalue weighted by Crippen LogP contribution is 2.40. The molecule has 0 spiro atoms. The lowest BCUT2D eigenvalue weighted by atomic mass is 9.75. The molecule has 1 aliphatic heterocycles. The zero-order valence-electron chi connectivity index (χ0n) is 21.7. The molecule has 0 aliphatic carbocycles. The van der Waals surface area contributed by atoms with E-state index in [4.69, 9.17) is 20.4 Å². The quantitative estimate of drug-likeness (QED) is 0.437. The molecule has 0 saturated carbocycles. The molecule has 4 radical (unpaired) electrons. The lowest BCUT2D eigenvalue weighted by Crippen LogP contribution is -2.60. The van der Waals surface area contributed by atoms with E-state index in [0.29, 0.717) is 52.0 Å². The van der Waals surface area contributed by atoms with Crippen molar-refractivity contribution in [1.82, 2.24) is 14.5 Å². The van der Waals surface area contributed by atoms with Gasteiger partial charge in [-0.1, -0.05) is 11.9 Å². The van der Waals surface area contributed by atoms with Crippen molar-refractivity contribution in [2.45, 2.75) is 51.7 Å². The SMILES string of the molecule is [B]C([B])N1[C@H](C)CN(c2c(OC)cc3c(=O)c4c5ccc(C#N)cc5[nH]c4n(C(C)C)c3c2F)C[C@@H]1C. The van der Waals surface area contributed by atoms with Crippen LogP contribution in [0.5, 0.6) is 5.75 Å². The fourth-order valence-electron chi connectivity index (χ4n) is 6.00. The van der Waals surface area contributed by atoms with Gasteiger partial charge in [0.15, 0.2) is 11.2 Å². The predicted octanol–water partition coefficient (Wildman–Crippen LogP) is 3.76. The number of nitrogens with one attached hydrogen (secondary N) is 1. The number of fused-ring (bicyclic) bond motifs is 4. The molecule has 5 rings (SSSR count). The van der Waals surface area contributed by atoms with Gasteiger partial charge in [0, 0.05) is 42.1 Å². The minimum absolute atomic E-state index is 0.0265. The molecule has 1 N–H and O–H groups in total. The summed E-state index contributed by atoms with van der Waals surface area (Å²) in [5.74, 6) is -0.824. The summed E-state index contributed by atoms with van der Waals surface area (Å²) in [7, 11) is 13.5. The molecule has 3 heterocycles. The zero-order valence-corrected chi connectivity index (χ0v) is 21.7. The van der Waals surface area contributed by atoms with E-state index in [9.17, 15) is 10.1 Å². The Morgan fingerprint density at radius 2 is 1.84 bits per heavy atom. The van der Waals surface area contributed by atoms with Crippen LogP contribution in [-0.2, 0) is 0 Å². The number of nitrogens with zero attached hydrogens (tertiary/aromatic N) is 4. The Kier molecular flexibility index (Phi) is 6.23. The van der Waals surface area contributed by atoms with Crippen molar-refractivity contribution in [1.29, 1.82) is 5.26 Å². The van der Waals surface area contributed by atoms with Crippen molar-refractivity contribution >= 4 is 54.2 Å². The van der Waals surface area contributed by atoms with Crippen molar-refractivity contribution in [3.8, 4) is 11.8 Å². The maximum atomic E-state index is 16.7. The van der Waals surface area contributed by atoms with Crippen LogP contribution < -0.4 is 15.1 Å². The fourth-order valence-corrected chi connectivity index (χ4v) is 6.00. The molecule has 2 aromatic heterocycles. The summed E-state index contributed by atoms with van der Waals surface area (Å²) in [6, 6.07) is 8.69. The van der Waals surface area contributed by atoms with Crippen LogP contribution in [0.3, 0.4) is 0 Å². The van der Waals surface area contributed by atoms with Crippen LogP contribution >= 0.6 is 0 Å². The molecule has 186 valence electrons. The molecule has 7 nitrogen and oxygen atoms in total. The molecule has 0 unspecified atom stereocenters. The van der Waals surface area contributed by atoms with Gasteiger partial charge in [0.25, 0.3) is 0 Å². The summed E-state index contributed by atoms with van der Waals surface area (Å²) in [6.07, 6.45) is 0. The second kappa shape index (κ2) is 9.14. The van der Waals surface area contributed by atoms with Crippen molar-refractivity contribution < 1.29 is 9.13 Å². The van der Waals surface area contributed by atoms with Gasteiger partial charge in [-0.3, -0.25) is 4.79 Å². The Balaban J connectivity index is 1.84. The number of benzene rings is 2. The summed E-state index contributed by atoms with van der Waals surface area (Å²) in [6.45, 7) is 8.90. The third-order valence-corrected chi connectivity index (χ3v) is 7.43. The lowest BCUT2D eigenvalue weighted by molar-refractivity contribution is 0.143. The Morgan fingerprint density at radius 1 is 1.16 bits per heavy atom. The van der Waals surface area contributed by atoms with Crippen LogP contribution in [0.4, 0.5) is 10.1 Å². The van der Waals surface area contributed by atoms with Gasteiger partial charge in [-0.05, 0) is 45.9 Å². The van der Waals surface area contributed by atoms with Gasteiger partial charge in [-0.15, -0.1) is 0 Å². The summed E-state index contributed by atoms with van der Waals surface area (Å²) in [4.78, 5) is 21.1. The summed E-state index contributed by atoms with van der Waals surface area (Å²) in [5, 5.41) is 10.7. The number of hydrogen-bond donors (Lipinski definition) is 1. The first-order chi connectivity index (χ1) is 17.6. The highest BCUT2D eigenvalue weighted by molar-refractivity contribution is 6.35. The molecular formula is C27H28B2FN5O2. The van der Waals surface area contributed by atoms with E-state index in [1.807, 2.05) is 42.1 Å². The van der Waals surface area contributed by atoms with Gasteiger partial charge in [-0.25, -0.2) is 4.39 Å². The Labute approximate surface area is 217 Å². The zero-order chi connectivity index (χ0) is 26.8. The molecule has 1 fully saturated rings. The van der Waals surface area contributed by atoms with Gasteiger partial charge in [-0.2, -0.15) is 5.26 Å². The van der Waals surface area contributed by atoms with Crippen LogP contribution in [-0.4, -0.2) is 68.3 Å². The normalized spacial score (nSPS) is 18.9. The minimum Gasteiger partial charge on any atom is -0.494 e. The number of methoxy groups -OCH3 is 1. The van der Waals surface area contributed by atoms with Gasteiger partial charge >= 0.3 is 0 Å². The van der Waals surface area contributed by atoms with Crippen LogP contribution in [0.25, 0.3) is 32.8 Å². The van der Waals surface area contributed by atoms with Gasteiger partial charge in [0.2, 0.25) is 0 Å². The maximum Gasteiger partial charge on any atom is 0.199 e. The number of H-pyrrole nitrogens is 1. The number of halogens is 1. The third-order valence-electron chi connectivity index (χ3n) is 7.43. The number of aromatic amines is 1. The van der Waals surface area contributed by atoms with E-state index < -0.39 is 11.7 Å². The van der Waals surface area contributed by atoms with Crippen molar-refractivity contribution in [3.05, 3.63) is 45.9 Å². The van der Waals surface area contributed by atoms with Crippen LogP contribution in [0.2, 0.25) is 0 Å². The number of rotatable bonds is 4. The average molecular weight is 495 g/mol. The molecule has 0 amide bonds. The first kappa shape index (κ1) is 25.2. The van der Waals surface area contributed by atoms with Gasteiger partial charge in [0.1, 0.15) is 17.1 Å². The van der Waals surface area contributed by atoms with E-state index in [1.54, 1.807) is 24.3 Å². The second-order valence-electron chi connectivity index (χ2n) is 10.2. The van der Waals surface area contributed by atoms with E-state index in [-0.39, 0.29) is 34.5 Å². The number of aromatic nitrogens is 2. The molecule has 37 heavy (non-hydrogen) atoms. The van der Waals surface area contributed by atoms with Crippen molar-refractivity contribution in [3.63, 3.8) is 0 Å². The number of piperazine rings is 1. The van der Waals surface area contributed by atoms with E-state index in [0.717, 1.165) is 0 Å². The second-order valence-corrected chi connectivity index (χ2v) is 10.2. The molecule has 2 aromatic carbocycles. The highest BCUT2D eigenvalue weighted by atomic mass is 19.1. The third kappa shape index (κ3) is 3.79. The molecule has 10 heteroatoms. The smallest absolute Gasteiger partial charge is 0.199 e. The fraction of sp³-hybridized carbons (Fsp3) is 0.407. The van der Waals surface area contributed by atoms with Crippen molar-refractivity contribution in [2.75, 3.05) is 25.1 Å². The topological polar surface area (TPSA) is 77.3 Å². The van der Waals surface area contributed by atoms with Gasteiger partial charge < -0.3 is 24.1 Å².